The Labute approximate surface area is 125 Å². The van der Waals surface area contributed by atoms with E-state index in [0.29, 0.717) is 5.41 Å². The molecule has 1 heterocycles. The molecule has 1 aliphatic carbocycles. The lowest BCUT2D eigenvalue weighted by Gasteiger charge is -2.26. The van der Waals surface area contributed by atoms with Crippen LogP contribution in [0.2, 0.25) is 5.02 Å². The molecule has 0 aromatic carbocycles. The number of halogens is 2. The van der Waals surface area contributed by atoms with Crippen LogP contribution < -0.4 is 5.32 Å². The topological polar surface area (TPSA) is 29.9 Å². The number of aromatic nitrogens is 2. The SMILES string of the molecule is CCc1nn(C)c(CNCC2(CCl)CCCC2)c1Cl. The van der Waals surface area contributed by atoms with E-state index in [9.17, 15) is 0 Å². The van der Waals surface area contributed by atoms with Gasteiger partial charge >= 0.3 is 0 Å². The molecule has 1 fully saturated rings. The summed E-state index contributed by atoms with van der Waals surface area (Å²) >= 11 is 12.5. The third-order valence-corrected chi connectivity index (χ3v) is 5.25. The predicted molar refractivity (Wildman–Crippen MR) is 80.9 cm³/mol. The molecule has 1 aromatic heterocycles. The first-order valence-electron chi connectivity index (χ1n) is 7.09. The Balaban J connectivity index is 1.94. The van der Waals surface area contributed by atoms with Crippen LogP contribution in [0.5, 0.6) is 0 Å². The quantitative estimate of drug-likeness (QED) is 0.815. The average molecular weight is 304 g/mol. The van der Waals surface area contributed by atoms with Gasteiger partial charge in [0.05, 0.1) is 16.4 Å². The fourth-order valence-electron chi connectivity index (χ4n) is 2.94. The maximum absolute atomic E-state index is 6.34. The minimum Gasteiger partial charge on any atom is -0.311 e. The zero-order valence-electron chi connectivity index (χ0n) is 11.8. The number of rotatable bonds is 6. The lowest BCUT2D eigenvalue weighted by Crippen LogP contribution is -2.33. The molecule has 0 radical (unpaired) electrons. The van der Waals surface area contributed by atoms with Crippen LogP contribution in [0.25, 0.3) is 0 Å². The first-order chi connectivity index (χ1) is 9.12. The summed E-state index contributed by atoms with van der Waals surface area (Å²) in [7, 11) is 1.95. The Morgan fingerprint density at radius 2 is 2.05 bits per heavy atom. The van der Waals surface area contributed by atoms with Gasteiger partial charge < -0.3 is 5.32 Å². The lowest BCUT2D eigenvalue weighted by molar-refractivity contribution is 0.318. The largest absolute Gasteiger partial charge is 0.311 e. The molecule has 5 heteroatoms. The average Bonchev–Trinajstić information content (AvgIpc) is 2.98. The number of nitrogens with one attached hydrogen (secondary N) is 1. The van der Waals surface area contributed by atoms with E-state index in [1.54, 1.807) is 0 Å². The van der Waals surface area contributed by atoms with Crippen LogP contribution in [-0.4, -0.2) is 22.2 Å². The second-order valence-electron chi connectivity index (χ2n) is 5.63. The number of hydrogen-bond acceptors (Lipinski definition) is 2. The molecule has 1 aromatic rings. The summed E-state index contributed by atoms with van der Waals surface area (Å²) < 4.78 is 1.89. The first-order valence-corrected chi connectivity index (χ1v) is 8.00. The van der Waals surface area contributed by atoms with Crippen LogP contribution in [0.15, 0.2) is 0 Å². The van der Waals surface area contributed by atoms with Gasteiger partial charge in [0.2, 0.25) is 0 Å². The van der Waals surface area contributed by atoms with Gasteiger partial charge in [0, 0.05) is 26.0 Å². The Morgan fingerprint density at radius 3 is 2.58 bits per heavy atom. The number of nitrogens with zero attached hydrogens (tertiary/aromatic N) is 2. The molecule has 3 nitrogen and oxygen atoms in total. The summed E-state index contributed by atoms with van der Waals surface area (Å²) in [6, 6.07) is 0. The minimum atomic E-state index is 0.292. The summed E-state index contributed by atoms with van der Waals surface area (Å²) in [5.74, 6) is 0.749. The maximum atomic E-state index is 6.34. The molecule has 108 valence electrons. The van der Waals surface area contributed by atoms with Gasteiger partial charge in [0.1, 0.15) is 0 Å². The molecule has 0 saturated heterocycles. The Hall–Kier alpha value is -0.250. The van der Waals surface area contributed by atoms with Gasteiger partial charge in [0.15, 0.2) is 0 Å². The molecule has 0 bridgehead atoms. The van der Waals surface area contributed by atoms with Gasteiger partial charge in [-0.05, 0) is 24.7 Å². The molecule has 0 spiro atoms. The van der Waals surface area contributed by atoms with Crippen molar-refractivity contribution in [3.8, 4) is 0 Å². The number of alkyl halides is 1. The highest BCUT2D eigenvalue weighted by molar-refractivity contribution is 6.31. The molecule has 19 heavy (non-hydrogen) atoms. The van der Waals surface area contributed by atoms with Gasteiger partial charge in [-0.1, -0.05) is 31.4 Å². The Morgan fingerprint density at radius 1 is 1.37 bits per heavy atom. The van der Waals surface area contributed by atoms with Crippen molar-refractivity contribution in [2.24, 2.45) is 12.5 Å². The normalized spacial score (nSPS) is 18.1. The van der Waals surface area contributed by atoms with Crippen LogP contribution in [0.4, 0.5) is 0 Å². The second-order valence-corrected chi connectivity index (χ2v) is 6.27. The minimum absolute atomic E-state index is 0.292. The Bertz CT molecular complexity index is 423. The summed E-state index contributed by atoms with van der Waals surface area (Å²) in [6.07, 6.45) is 5.96. The van der Waals surface area contributed by atoms with Crippen molar-refractivity contribution in [3.05, 3.63) is 16.4 Å². The lowest BCUT2D eigenvalue weighted by atomic mass is 9.88. The summed E-state index contributed by atoms with van der Waals surface area (Å²) in [4.78, 5) is 0. The van der Waals surface area contributed by atoms with Gasteiger partial charge in [-0.3, -0.25) is 4.68 Å². The Kier molecular flexibility index (Phi) is 5.15. The van der Waals surface area contributed by atoms with E-state index in [2.05, 4.69) is 17.3 Å². The second kappa shape index (κ2) is 6.47. The van der Waals surface area contributed by atoms with E-state index < -0.39 is 0 Å². The van der Waals surface area contributed by atoms with Crippen molar-refractivity contribution < 1.29 is 0 Å². The van der Waals surface area contributed by atoms with Crippen LogP contribution in [0.3, 0.4) is 0 Å². The molecular formula is C14H23Cl2N3. The van der Waals surface area contributed by atoms with Crippen molar-refractivity contribution in [3.63, 3.8) is 0 Å². The fourth-order valence-corrected chi connectivity index (χ4v) is 3.66. The highest BCUT2D eigenvalue weighted by Gasteiger charge is 2.32. The molecule has 0 amide bonds. The molecule has 2 rings (SSSR count). The van der Waals surface area contributed by atoms with E-state index >= 15 is 0 Å². The van der Waals surface area contributed by atoms with Gasteiger partial charge in [0.25, 0.3) is 0 Å². The van der Waals surface area contributed by atoms with Crippen molar-refractivity contribution in [1.29, 1.82) is 0 Å². The first kappa shape index (κ1) is 15.1. The van der Waals surface area contributed by atoms with Gasteiger partial charge in [-0.25, -0.2) is 0 Å². The van der Waals surface area contributed by atoms with Crippen LogP contribution >= 0.6 is 23.2 Å². The van der Waals surface area contributed by atoms with E-state index in [4.69, 9.17) is 23.2 Å². The van der Waals surface area contributed by atoms with Crippen molar-refractivity contribution >= 4 is 23.2 Å². The highest BCUT2D eigenvalue weighted by Crippen LogP contribution is 2.38. The van der Waals surface area contributed by atoms with Crippen molar-refractivity contribution in [2.45, 2.75) is 45.6 Å². The summed E-state index contributed by atoms with van der Waals surface area (Å²) in [5.41, 5.74) is 2.34. The highest BCUT2D eigenvalue weighted by atomic mass is 35.5. The molecule has 0 aliphatic heterocycles. The van der Waals surface area contributed by atoms with E-state index in [1.165, 1.54) is 25.7 Å². The van der Waals surface area contributed by atoms with Crippen LogP contribution in [-0.2, 0) is 20.0 Å². The van der Waals surface area contributed by atoms with Crippen molar-refractivity contribution in [2.75, 3.05) is 12.4 Å². The third kappa shape index (κ3) is 3.26. The fraction of sp³-hybridized carbons (Fsp3) is 0.786. The number of hydrogen-bond donors (Lipinski definition) is 1. The standard InChI is InChI=1S/C14H23Cl2N3/c1-3-11-13(16)12(19(2)18-11)8-17-10-14(9-15)6-4-5-7-14/h17H,3-10H2,1-2H3. The van der Waals surface area contributed by atoms with Crippen molar-refractivity contribution in [1.82, 2.24) is 15.1 Å². The predicted octanol–water partition coefficient (Wildman–Crippen LogP) is 3.52. The molecule has 1 aliphatic rings. The molecule has 0 unspecified atom stereocenters. The zero-order chi connectivity index (χ0) is 13.9. The summed E-state index contributed by atoms with van der Waals surface area (Å²) in [5, 5.41) is 8.77. The maximum Gasteiger partial charge on any atom is 0.0863 e. The van der Waals surface area contributed by atoms with Crippen LogP contribution in [0, 0.1) is 5.41 Å². The van der Waals surface area contributed by atoms with Gasteiger partial charge in [-0.2, -0.15) is 5.10 Å². The monoisotopic (exact) mass is 303 g/mol. The number of aryl methyl sites for hydroxylation is 2. The van der Waals surface area contributed by atoms with E-state index in [1.807, 2.05) is 11.7 Å². The smallest absolute Gasteiger partial charge is 0.0863 e. The summed E-state index contributed by atoms with van der Waals surface area (Å²) in [6.45, 7) is 3.81. The molecule has 1 N–H and O–H groups in total. The van der Waals surface area contributed by atoms with Crippen LogP contribution in [0.1, 0.15) is 44.0 Å². The van der Waals surface area contributed by atoms with Gasteiger partial charge in [-0.15, -0.1) is 11.6 Å². The van der Waals surface area contributed by atoms with E-state index in [-0.39, 0.29) is 0 Å². The third-order valence-electron chi connectivity index (χ3n) is 4.24. The van der Waals surface area contributed by atoms with E-state index in [0.717, 1.165) is 41.8 Å². The molecular weight excluding hydrogens is 281 g/mol. The zero-order valence-corrected chi connectivity index (χ0v) is 13.3. The molecule has 1 saturated carbocycles. The molecule has 0 atom stereocenters.